The monoisotopic (exact) mass is 199 g/mol. The van der Waals surface area contributed by atoms with E-state index in [0.29, 0.717) is 5.82 Å². The van der Waals surface area contributed by atoms with Crippen molar-refractivity contribution < 1.29 is 4.79 Å². The van der Waals surface area contributed by atoms with E-state index in [4.69, 9.17) is 0 Å². The fraction of sp³-hybridized carbons (Fsp3) is 0. The first kappa shape index (κ1) is 9.33. The average Bonchev–Trinajstić information content (AvgIpc) is 2.81. The fourth-order valence-corrected chi connectivity index (χ4v) is 1.13. The lowest BCUT2D eigenvalue weighted by molar-refractivity contribution is 0.103. The Morgan fingerprint density at radius 1 is 1.40 bits per heavy atom. The van der Waals surface area contributed by atoms with Gasteiger partial charge in [0.05, 0.1) is 0 Å². The van der Waals surface area contributed by atoms with Crippen molar-refractivity contribution in [1.29, 1.82) is 0 Å². The maximum Gasteiger partial charge on any atom is 0.221 e. The molecule has 0 fully saturated rings. The van der Waals surface area contributed by atoms with Crippen molar-refractivity contribution in [3.8, 4) is 0 Å². The molecule has 4 nitrogen and oxygen atoms in total. The van der Waals surface area contributed by atoms with Crippen molar-refractivity contribution in [3.63, 3.8) is 0 Å². The van der Waals surface area contributed by atoms with Crippen LogP contribution in [0, 0.1) is 0 Å². The Labute approximate surface area is 86.7 Å². The van der Waals surface area contributed by atoms with Crippen LogP contribution in [0.1, 0.15) is 16.2 Å². The molecule has 0 saturated heterocycles. The Bertz CT molecular complexity index is 460. The van der Waals surface area contributed by atoms with Gasteiger partial charge in [-0.2, -0.15) is 0 Å². The molecule has 0 aromatic carbocycles. The van der Waals surface area contributed by atoms with Crippen LogP contribution in [0.4, 0.5) is 0 Å². The predicted molar refractivity (Wildman–Crippen MR) is 56.2 cm³/mol. The van der Waals surface area contributed by atoms with E-state index in [9.17, 15) is 4.79 Å². The van der Waals surface area contributed by atoms with Crippen LogP contribution in [-0.4, -0.2) is 20.7 Å². The van der Waals surface area contributed by atoms with Gasteiger partial charge in [0.2, 0.25) is 5.78 Å². The summed E-state index contributed by atoms with van der Waals surface area (Å²) in [6, 6.07) is 3.69. The van der Waals surface area contributed by atoms with Gasteiger partial charge < -0.3 is 4.98 Å². The third kappa shape index (κ3) is 2.37. The summed E-state index contributed by atoms with van der Waals surface area (Å²) in [5.41, 5.74) is 0.886. The summed E-state index contributed by atoms with van der Waals surface area (Å²) in [4.78, 5) is 22.0. The van der Waals surface area contributed by atoms with Gasteiger partial charge in [-0.05, 0) is 23.8 Å². The smallest absolute Gasteiger partial charge is 0.221 e. The molecule has 0 aliphatic carbocycles. The topological polar surface area (TPSA) is 58.6 Å². The van der Waals surface area contributed by atoms with Crippen LogP contribution in [0.15, 0.2) is 43.0 Å². The van der Waals surface area contributed by atoms with Gasteiger partial charge in [-0.1, -0.05) is 6.07 Å². The summed E-state index contributed by atoms with van der Waals surface area (Å²) >= 11 is 0. The third-order valence-electron chi connectivity index (χ3n) is 1.84. The molecule has 0 aliphatic rings. The molecule has 2 aromatic heterocycles. The van der Waals surface area contributed by atoms with Crippen molar-refractivity contribution >= 4 is 11.9 Å². The third-order valence-corrected chi connectivity index (χ3v) is 1.84. The van der Waals surface area contributed by atoms with Gasteiger partial charge in [0, 0.05) is 24.8 Å². The standard InChI is InChI=1S/C11H9N3O/c15-10(11-13-6-7-14-11)4-3-9-2-1-5-12-8-9/h1-8H,(H,13,14)/b4-3+. The number of hydrogen-bond donors (Lipinski definition) is 1. The van der Waals surface area contributed by atoms with E-state index >= 15 is 0 Å². The molecule has 74 valence electrons. The summed E-state index contributed by atoms with van der Waals surface area (Å²) in [6.45, 7) is 0. The molecule has 1 N–H and O–H groups in total. The Morgan fingerprint density at radius 3 is 3.00 bits per heavy atom. The van der Waals surface area contributed by atoms with E-state index in [0.717, 1.165) is 5.56 Å². The molecule has 15 heavy (non-hydrogen) atoms. The summed E-state index contributed by atoms with van der Waals surface area (Å²) in [5, 5.41) is 0. The number of ketones is 1. The molecule has 0 amide bonds. The first-order valence-corrected chi connectivity index (χ1v) is 4.48. The highest BCUT2D eigenvalue weighted by Gasteiger charge is 2.02. The molecule has 2 heterocycles. The van der Waals surface area contributed by atoms with Crippen molar-refractivity contribution in [2.75, 3.05) is 0 Å². The fourth-order valence-electron chi connectivity index (χ4n) is 1.13. The first-order chi connectivity index (χ1) is 7.36. The van der Waals surface area contributed by atoms with Gasteiger partial charge in [-0.25, -0.2) is 4.98 Å². The molecule has 0 bridgehead atoms. The second-order valence-electron chi connectivity index (χ2n) is 2.92. The van der Waals surface area contributed by atoms with Crippen LogP contribution in [0.25, 0.3) is 6.08 Å². The van der Waals surface area contributed by atoms with Crippen LogP contribution in [0.5, 0.6) is 0 Å². The summed E-state index contributed by atoms with van der Waals surface area (Å²) in [5.74, 6) is 0.194. The zero-order chi connectivity index (χ0) is 10.5. The Balaban J connectivity index is 2.10. The number of carbonyl (C=O) groups is 1. The summed E-state index contributed by atoms with van der Waals surface area (Å²) < 4.78 is 0. The highest BCUT2D eigenvalue weighted by Crippen LogP contribution is 2.00. The van der Waals surface area contributed by atoms with Crippen LogP contribution in [0.3, 0.4) is 0 Å². The number of H-pyrrole nitrogens is 1. The molecule has 4 heteroatoms. The van der Waals surface area contributed by atoms with Crippen LogP contribution < -0.4 is 0 Å². The number of nitrogens with zero attached hydrogens (tertiary/aromatic N) is 2. The zero-order valence-electron chi connectivity index (χ0n) is 7.92. The lowest BCUT2D eigenvalue weighted by atomic mass is 10.2. The maximum atomic E-state index is 11.5. The highest BCUT2D eigenvalue weighted by molar-refractivity contribution is 6.04. The van der Waals surface area contributed by atoms with E-state index in [1.165, 1.54) is 6.08 Å². The normalized spacial score (nSPS) is 10.7. The van der Waals surface area contributed by atoms with Crippen molar-refractivity contribution in [2.24, 2.45) is 0 Å². The SMILES string of the molecule is O=C(/C=C/c1cccnc1)c1ncc[nH]1. The summed E-state index contributed by atoms with van der Waals surface area (Å²) in [7, 11) is 0. The molecule has 0 saturated carbocycles. The molecule has 2 aromatic rings. The van der Waals surface area contributed by atoms with E-state index in [2.05, 4.69) is 15.0 Å². The van der Waals surface area contributed by atoms with Crippen LogP contribution >= 0.6 is 0 Å². The molecular formula is C11H9N3O. The van der Waals surface area contributed by atoms with E-state index in [1.54, 1.807) is 30.9 Å². The van der Waals surface area contributed by atoms with E-state index in [-0.39, 0.29) is 5.78 Å². The number of carbonyl (C=O) groups excluding carboxylic acids is 1. The minimum absolute atomic E-state index is 0.149. The second kappa shape index (κ2) is 4.32. The van der Waals surface area contributed by atoms with Gasteiger partial charge in [-0.15, -0.1) is 0 Å². The Kier molecular flexibility index (Phi) is 2.69. The number of pyridine rings is 1. The minimum Gasteiger partial charge on any atom is -0.342 e. The first-order valence-electron chi connectivity index (χ1n) is 4.48. The molecule has 0 radical (unpaired) electrons. The molecular weight excluding hydrogens is 190 g/mol. The summed E-state index contributed by atoms with van der Waals surface area (Å²) in [6.07, 6.45) is 9.71. The van der Waals surface area contributed by atoms with Gasteiger partial charge in [0.25, 0.3) is 0 Å². The van der Waals surface area contributed by atoms with Gasteiger partial charge >= 0.3 is 0 Å². The van der Waals surface area contributed by atoms with Crippen LogP contribution in [0.2, 0.25) is 0 Å². The molecule has 0 spiro atoms. The number of allylic oxidation sites excluding steroid dienone is 1. The number of nitrogens with one attached hydrogen (secondary N) is 1. The van der Waals surface area contributed by atoms with E-state index in [1.807, 2.05) is 12.1 Å². The number of aromatic nitrogens is 3. The maximum absolute atomic E-state index is 11.5. The Morgan fingerprint density at radius 2 is 2.33 bits per heavy atom. The lowest BCUT2D eigenvalue weighted by Gasteiger charge is -1.90. The van der Waals surface area contributed by atoms with Gasteiger partial charge in [0.15, 0.2) is 5.82 Å². The van der Waals surface area contributed by atoms with Gasteiger partial charge in [0.1, 0.15) is 0 Å². The minimum atomic E-state index is -0.149. The van der Waals surface area contributed by atoms with Gasteiger partial charge in [-0.3, -0.25) is 9.78 Å². The average molecular weight is 199 g/mol. The predicted octanol–water partition coefficient (Wildman–Crippen LogP) is 1.70. The zero-order valence-corrected chi connectivity index (χ0v) is 7.92. The second-order valence-corrected chi connectivity index (χ2v) is 2.92. The number of rotatable bonds is 3. The highest BCUT2D eigenvalue weighted by atomic mass is 16.1. The van der Waals surface area contributed by atoms with Crippen molar-refractivity contribution in [3.05, 3.63) is 54.4 Å². The molecule has 0 aliphatic heterocycles. The Hall–Kier alpha value is -2.23. The number of hydrogen-bond acceptors (Lipinski definition) is 3. The quantitative estimate of drug-likeness (QED) is 0.604. The molecule has 0 unspecified atom stereocenters. The van der Waals surface area contributed by atoms with E-state index < -0.39 is 0 Å². The molecule has 2 rings (SSSR count). The van der Waals surface area contributed by atoms with Crippen molar-refractivity contribution in [1.82, 2.24) is 15.0 Å². The molecule has 0 atom stereocenters. The number of aromatic amines is 1. The lowest BCUT2D eigenvalue weighted by Crippen LogP contribution is -1.96. The van der Waals surface area contributed by atoms with Crippen molar-refractivity contribution in [2.45, 2.75) is 0 Å². The largest absolute Gasteiger partial charge is 0.342 e. The van der Waals surface area contributed by atoms with Crippen LogP contribution in [-0.2, 0) is 0 Å². The number of imidazole rings is 1.